The fourth-order valence-electron chi connectivity index (χ4n) is 3.19. The van der Waals surface area contributed by atoms with Gasteiger partial charge in [-0.1, -0.05) is 23.7 Å². The van der Waals surface area contributed by atoms with Crippen molar-refractivity contribution in [2.24, 2.45) is 0 Å². The van der Waals surface area contributed by atoms with Crippen LogP contribution in [0.4, 0.5) is 0 Å². The molecule has 2 aromatic rings. The largest absolute Gasteiger partial charge is 0.348 e. The lowest BCUT2D eigenvalue weighted by Gasteiger charge is -2.11. The summed E-state index contributed by atoms with van der Waals surface area (Å²) < 4.78 is 25.1. The maximum Gasteiger partial charge on any atom is 0.255 e. The highest BCUT2D eigenvalue weighted by molar-refractivity contribution is 7.91. The van der Waals surface area contributed by atoms with Crippen LogP contribution in [-0.2, 0) is 16.4 Å². The lowest BCUT2D eigenvalue weighted by Crippen LogP contribution is -2.24. The number of carbonyl (C=O) groups excluding carboxylic acids is 1. The third kappa shape index (κ3) is 3.88. The van der Waals surface area contributed by atoms with Crippen molar-refractivity contribution in [3.63, 3.8) is 0 Å². The number of aromatic nitrogens is 2. The summed E-state index contributed by atoms with van der Waals surface area (Å²) >= 11 is 5.86. The first-order valence-corrected chi connectivity index (χ1v) is 10.3. The first-order valence-electron chi connectivity index (χ1n) is 8.05. The smallest absolute Gasteiger partial charge is 0.255 e. The highest BCUT2D eigenvalue weighted by Crippen LogP contribution is 2.26. The molecule has 3 rings (SSSR count). The zero-order chi connectivity index (χ0) is 18.2. The predicted molar refractivity (Wildman–Crippen MR) is 96.6 cm³/mol. The van der Waals surface area contributed by atoms with Gasteiger partial charge in [0.1, 0.15) is 0 Å². The van der Waals surface area contributed by atoms with Gasteiger partial charge in [-0.25, -0.2) is 8.42 Å². The van der Waals surface area contributed by atoms with Crippen LogP contribution >= 0.6 is 11.6 Å². The number of benzene rings is 1. The summed E-state index contributed by atoms with van der Waals surface area (Å²) in [5.74, 6) is 0.0478. The van der Waals surface area contributed by atoms with Gasteiger partial charge < -0.3 is 5.32 Å². The number of amides is 1. The highest BCUT2D eigenvalue weighted by Gasteiger charge is 2.32. The van der Waals surface area contributed by atoms with Crippen LogP contribution in [0.3, 0.4) is 0 Å². The number of halogens is 1. The molecule has 0 bridgehead atoms. The zero-order valence-electron chi connectivity index (χ0n) is 14.1. The van der Waals surface area contributed by atoms with Gasteiger partial charge in [-0.3, -0.25) is 9.48 Å². The van der Waals surface area contributed by atoms with Crippen LogP contribution in [0.25, 0.3) is 0 Å². The maximum absolute atomic E-state index is 12.6. The molecule has 6 nitrogen and oxygen atoms in total. The Kier molecular flexibility index (Phi) is 4.88. The molecule has 2 heterocycles. The Morgan fingerprint density at radius 1 is 1.32 bits per heavy atom. The third-order valence-corrected chi connectivity index (χ3v) is 6.47. The topological polar surface area (TPSA) is 81.1 Å². The fraction of sp³-hybridized carbons (Fsp3) is 0.412. The number of rotatable bonds is 4. The summed E-state index contributed by atoms with van der Waals surface area (Å²) in [6.45, 7) is 3.96. The van der Waals surface area contributed by atoms with Crippen LogP contribution in [0.1, 0.15) is 39.8 Å². The Balaban J connectivity index is 1.75. The summed E-state index contributed by atoms with van der Waals surface area (Å²) in [5.41, 5.74) is 2.77. The van der Waals surface area contributed by atoms with Crippen LogP contribution in [0.15, 0.2) is 24.3 Å². The van der Waals surface area contributed by atoms with Crippen molar-refractivity contribution in [1.29, 1.82) is 0 Å². The Labute approximate surface area is 152 Å². The quantitative estimate of drug-likeness (QED) is 0.881. The molecule has 134 valence electrons. The van der Waals surface area contributed by atoms with Crippen molar-refractivity contribution < 1.29 is 13.2 Å². The molecule has 0 saturated carbocycles. The van der Waals surface area contributed by atoms with E-state index in [0.29, 0.717) is 34.9 Å². The molecular weight excluding hydrogens is 362 g/mol. The van der Waals surface area contributed by atoms with Gasteiger partial charge in [0.2, 0.25) is 0 Å². The minimum absolute atomic E-state index is 0.0841. The number of aryl methyl sites for hydroxylation is 1. The molecule has 1 aromatic carbocycles. The van der Waals surface area contributed by atoms with E-state index in [2.05, 4.69) is 10.4 Å². The highest BCUT2D eigenvalue weighted by atomic mass is 35.5. The van der Waals surface area contributed by atoms with Crippen LogP contribution in [-0.4, -0.2) is 35.6 Å². The molecule has 0 spiro atoms. The summed E-state index contributed by atoms with van der Waals surface area (Å²) in [6, 6.07) is 7.07. The summed E-state index contributed by atoms with van der Waals surface area (Å²) in [7, 11) is -3.01. The number of nitrogens with one attached hydrogen (secondary N) is 1. The molecule has 0 radical (unpaired) electrons. The van der Waals surface area contributed by atoms with E-state index >= 15 is 0 Å². The normalized spacial score (nSPS) is 19.1. The van der Waals surface area contributed by atoms with Crippen molar-refractivity contribution in [2.75, 3.05) is 11.5 Å². The lowest BCUT2D eigenvalue weighted by molar-refractivity contribution is 0.0949. The molecule has 1 fully saturated rings. The molecule has 25 heavy (non-hydrogen) atoms. The average molecular weight is 382 g/mol. The minimum atomic E-state index is -3.01. The van der Waals surface area contributed by atoms with Crippen LogP contribution in [0.5, 0.6) is 0 Å². The van der Waals surface area contributed by atoms with E-state index in [9.17, 15) is 13.2 Å². The van der Waals surface area contributed by atoms with Crippen molar-refractivity contribution in [3.8, 4) is 0 Å². The molecule has 0 aliphatic carbocycles. The fourth-order valence-corrected chi connectivity index (χ4v) is 5.01. The number of carbonyl (C=O) groups is 1. The van der Waals surface area contributed by atoms with E-state index < -0.39 is 9.84 Å². The minimum Gasteiger partial charge on any atom is -0.348 e. The third-order valence-electron chi connectivity index (χ3n) is 4.47. The van der Waals surface area contributed by atoms with Gasteiger partial charge in [0.15, 0.2) is 9.84 Å². The van der Waals surface area contributed by atoms with Gasteiger partial charge in [0.05, 0.1) is 28.8 Å². The molecule has 1 atom stereocenters. The molecule has 1 aliphatic heterocycles. The van der Waals surface area contributed by atoms with E-state index in [1.165, 1.54) is 0 Å². The van der Waals surface area contributed by atoms with E-state index in [-0.39, 0.29) is 23.5 Å². The Bertz CT molecular complexity index is 904. The van der Waals surface area contributed by atoms with Crippen molar-refractivity contribution in [3.05, 3.63) is 51.8 Å². The van der Waals surface area contributed by atoms with Crippen LogP contribution in [0, 0.1) is 13.8 Å². The standard InChI is InChI=1S/C17H20ClN3O3S/c1-11-16(17(22)19-9-13-3-5-14(18)6-4-13)12(2)21(20-11)15-7-8-25(23,24)10-15/h3-6,15H,7-10H2,1-2H3,(H,19,22)/t15-/m0/s1. The molecule has 1 aromatic heterocycles. The molecule has 0 unspecified atom stereocenters. The number of nitrogens with zero attached hydrogens (tertiary/aromatic N) is 2. The number of sulfone groups is 1. The SMILES string of the molecule is Cc1nn([C@H]2CCS(=O)(=O)C2)c(C)c1C(=O)NCc1ccc(Cl)cc1. The van der Waals surface area contributed by atoms with E-state index in [1.54, 1.807) is 23.7 Å². The Morgan fingerprint density at radius 2 is 2.00 bits per heavy atom. The summed E-state index contributed by atoms with van der Waals surface area (Å²) in [5, 5.41) is 7.95. The van der Waals surface area contributed by atoms with Gasteiger partial charge in [0, 0.05) is 17.3 Å². The average Bonchev–Trinajstić information content (AvgIpc) is 3.05. The van der Waals surface area contributed by atoms with E-state index in [4.69, 9.17) is 11.6 Å². The van der Waals surface area contributed by atoms with E-state index in [1.807, 2.05) is 19.1 Å². The van der Waals surface area contributed by atoms with Gasteiger partial charge in [-0.2, -0.15) is 5.10 Å². The van der Waals surface area contributed by atoms with Crippen molar-refractivity contribution in [1.82, 2.24) is 15.1 Å². The second kappa shape index (κ2) is 6.80. The first-order chi connectivity index (χ1) is 11.8. The van der Waals surface area contributed by atoms with Crippen molar-refractivity contribution >= 4 is 27.3 Å². The lowest BCUT2D eigenvalue weighted by atomic mass is 10.1. The van der Waals surface area contributed by atoms with Gasteiger partial charge in [-0.15, -0.1) is 0 Å². The summed E-state index contributed by atoms with van der Waals surface area (Å²) in [6.07, 6.45) is 0.538. The molecule has 1 saturated heterocycles. The number of hydrogen-bond acceptors (Lipinski definition) is 4. The molecule has 8 heteroatoms. The molecule has 1 N–H and O–H groups in total. The second-order valence-electron chi connectivity index (χ2n) is 6.36. The van der Waals surface area contributed by atoms with Crippen LogP contribution in [0.2, 0.25) is 5.02 Å². The molecular formula is C17H20ClN3O3S. The first kappa shape index (κ1) is 17.9. The van der Waals surface area contributed by atoms with Gasteiger partial charge in [0.25, 0.3) is 5.91 Å². The Hall–Kier alpha value is -1.86. The molecule has 1 amide bonds. The van der Waals surface area contributed by atoms with Gasteiger partial charge >= 0.3 is 0 Å². The predicted octanol–water partition coefficient (Wildman–Crippen LogP) is 2.44. The summed E-state index contributed by atoms with van der Waals surface area (Å²) in [4.78, 5) is 12.6. The zero-order valence-corrected chi connectivity index (χ0v) is 15.7. The van der Waals surface area contributed by atoms with Crippen LogP contribution < -0.4 is 5.32 Å². The number of hydrogen-bond donors (Lipinski definition) is 1. The second-order valence-corrected chi connectivity index (χ2v) is 9.02. The monoisotopic (exact) mass is 381 g/mol. The van der Waals surface area contributed by atoms with Gasteiger partial charge in [-0.05, 0) is 38.0 Å². The van der Waals surface area contributed by atoms with Crippen molar-refractivity contribution in [2.45, 2.75) is 32.9 Å². The maximum atomic E-state index is 12.6. The molecule has 1 aliphatic rings. The Morgan fingerprint density at radius 3 is 2.60 bits per heavy atom. The van der Waals surface area contributed by atoms with E-state index in [0.717, 1.165) is 5.56 Å².